The summed E-state index contributed by atoms with van der Waals surface area (Å²) >= 11 is 0. The fraction of sp³-hybridized carbons (Fsp3) is 0.333. The van der Waals surface area contributed by atoms with Gasteiger partial charge in [0.2, 0.25) is 0 Å². The monoisotopic (exact) mass is 217 g/mol. The summed E-state index contributed by atoms with van der Waals surface area (Å²) in [6, 6.07) is 9.04. The minimum Gasteiger partial charge on any atom is -0.464 e. The first-order chi connectivity index (χ1) is 7.76. The number of hydrogen-bond donors (Lipinski definition) is 0. The van der Waals surface area contributed by atoms with Gasteiger partial charge in [-0.05, 0) is 24.6 Å². The summed E-state index contributed by atoms with van der Waals surface area (Å²) < 4.78 is 10.1. The van der Waals surface area contributed by atoms with E-state index in [9.17, 15) is 4.79 Å². The van der Waals surface area contributed by atoms with E-state index in [0.717, 1.165) is 5.56 Å². The molecule has 1 fully saturated rings. The third-order valence-electron chi connectivity index (χ3n) is 2.38. The minimum absolute atomic E-state index is 0.216. The lowest BCUT2D eigenvalue weighted by Gasteiger charge is -1.97. The molecule has 1 aliphatic heterocycles. The zero-order valence-corrected chi connectivity index (χ0v) is 8.84. The van der Waals surface area contributed by atoms with Gasteiger partial charge in [-0.3, -0.25) is 0 Å². The molecular weight excluding hydrogens is 206 g/mol. The van der Waals surface area contributed by atoms with Gasteiger partial charge in [-0.15, -0.1) is 0 Å². The van der Waals surface area contributed by atoms with Crippen molar-refractivity contribution in [3.63, 3.8) is 0 Å². The maximum atomic E-state index is 11.3. The summed E-state index contributed by atoms with van der Waals surface area (Å²) in [4.78, 5) is 11.3. The molecule has 1 aliphatic rings. The molecule has 0 spiro atoms. The standard InChI is InChI=1S/C12H11NO3/c1-2-15-12(14)11-10(16-11)9-5-3-8(7-13)4-6-9/h3-6,10-11H,2H2,1H3/t10-,11-/m1/s1. The molecule has 2 atom stereocenters. The van der Waals surface area contributed by atoms with Gasteiger partial charge in [0.25, 0.3) is 0 Å². The van der Waals surface area contributed by atoms with E-state index < -0.39 is 6.10 Å². The van der Waals surface area contributed by atoms with Gasteiger partial charge in [0.15, 0.2) is 6.10 Å². The number of benzene rings is 1. The van der Waals surface area contributed by atoms with Crippen LogP contribution in [0.25, 0.3) is 0 Å². The highest BCUT2D eigenvalue weighted by Crippen LogP contribution is 2.39. The van der Waals surface area contributed by atoms with Crippen molar-refractivity contribution in [1.82, 2.24) is 0 Å². The van der Waals surface area contributed by atoms with Gasteiger partial charge >= 0.3 is 5.97 Å². The third-order valence-corrected chi connectivity index (χ3v) is 2.38. The Kier molecular flexibility index (Phi) is 2.88. The van der Waals surface area contributed by atoms with Gasteiger partial charge in [-0.1, -0.05) is 12.1 Å². The van der Waals surface area contributed by atoms with Crippen molar-refractivity contribution in [2.75, 3.05) is 6.61 Å². The summed E-state index contributed by atoms with van der Waals surface area (Å²) in [6.45, 7) is 2.12. The molecule has 2 rings (SSSR count). The fourth-order valence-corrected chi connectivity index (χ4v) is 1.52. The number of esters is 1. The molecule has 1 heterocycles. The Morgan fingerprint density at radius 3 is 2.75 bits per heavy atom. The fourth-order valence-electron chi connectivity index (χ4n) is 1.52. The molecule has 0 bridgehead atoms. The van der Waals surface area contributed by atoms with Gasteiger partial charge in [0.1, 0.15) is 6.10 Å². The Bertz CT molecular complexity index is 433. The zero-order valence-electron chi connectivity index (χ0n) is 8.84. The van der Waals surface area contributed by atoms with Gasteiger partial charge < -0.3 is 9.47 Å². The molecule has 0 unspecified atom stereocenters. The van der Waals surface area contributed by atoms with E-state index in [4.69, 9.17) is 14.7 Å². The Hall–Kier alpha value is -1.86. The van der Waals surface area contributed by atoms with Crippen LogP contribution in [0.3, 0.4) is 0 Å². The van der Waals surface area contributed by atoms with Crippen molar-refractivity contribution in [3.8, 4) is 6.07 Å². The van der Waals surface area contributed by atoms with E-state index in [-0.39, 0.29) is 12.1 Å². The summed E-state index contributed by atoms with van der Waals surface area (Å²) in [5.41, 5.74) is 1.49. The van der Waals surface area contributed by atoms with Crippen LogP contribution >= 0.6 is 0 Å². The normalized spacial score (nSPS) is 22.2. The summed E-state index contributed by atoms with van der Waals surface area (Å²) in [7, 11) is 0. The van der Waals surface area contributed by atoms with E-state index in [0.29, 0.717) is 12.2 Å². The molecule has 0 aliphatic carbocycles. The van der Waals surface area contributed by atoms with Crippen molar-refractivity contribution < 1.29 is 14.3 Å². The van der Waals surface area contributed by atoms with Crippen molar-refractivity contribution in [2.24, 2.45) is 0 Å². The lowest BCUT2D eigenvalue weighted by atomic mass is 10.1. The van der Waals surface area contributed by atoms with Gasteiger partial charge in [-0.2, -0.15) is 5.26 Å². The molecule has 0 saturated carbocycles. The number of carbonyl (C=O) groups excluding carboxylic acids is 1. The second-order valence-electron chi connectivity index (χ2n) is 3.46. The number of nitriles is 1. The molecular formula is C12H11NO3. The molecule has 1 aromatic rings. The zero-order chi connectivity index (χ0) is 11.5. The second kappa shape index (κ2) is 4.33. The van der Waals surface area contributed by atoms with Crippen LogP contribution in [0.5, 0.6) is 0 Å². The van der Waals surface area contributed by atoms with Crippen LogP contribution in [-0.4, -0.2) is 18.7 Å². The number of epoxide rings is 1. The average Bonchev–Trinajstić information content (AvgIpc) is 3.09. The van der Waals surface area contributed by atoms with E-state index in [2.05, 4.69) is 0 Å². The van der Waals surface area contributed by atoms with Crippen molar-refractivity contribution in [1.29, 1.82) is 5.26 Å². The first-order valence-corrected chi connectivity index (χ1v) is 5.08. The summed E-state index contributed by atoms with van der Waals surface area (Å²) in [5, 5.41) is 8.64. The average molecular weight is 217 g/mol. The highest BCUT2D eigenvalue weighted by atomic mass is 16.6. The van der Waals surface area contributed by atoms with Crippen molar-refractivity contribution in [2.45, 2.75) is 19.1 Å². The third kappa shape index (κ3) is 2.05. The van der Waals surface area contributed by atoms with Gasteiger partial charge in [0, 0.05) is 0 Å². The first-order valence-electron chi connectivity index (χ1n) is 5.08. The molecule has 4 heteroatoms. The number of hydrogen-bond acceptors (Lipinski definition) is 4. The van der Waals surface area contributed by atoms with E-state index in [1.165, 1.54) is 0 Å². The van der Waals surface area contributed by atoms with Crippen LogP contribution in [0.15, 0.2) is 24.3 Å². The predicted molar refractivity (Wildman–Crippen MR) is 55.4 cm³/mol. The molecule has 4 nitrogen and oxygen atoms in total. The molecule has 1 saturated heterocycles. The lowest BCUT2D eigenvalue weighted by molar-refractivity contribution is -0.144. The molecule has 0 amide bonds. The minimum atomic E-state index is -0.479. The predicted octanol–water partition coefficient (Wildman–Crippen LogP) is 1.56. The van der Waals surface area contributed by atoms with E-state index in [1.54, 1.807) is 31.2 Å². The molecule has 82 valence electrons. The van der Waals surface area contributed by atoms with Crippen LogP contribution in [0.2, 0.25) is 0 Å². The highest BCUT2D eigenvalue weighted by molar-refractivity contribution is 5.78. The van der Waals surface area contributed by atoms with Crippen molar-refractivity contribution in [3.05, 3.63) is 35.4 Å². The topological polar surface area (TPSA) is 62.6 Å². The second-order valence-corrected chi connectivity index (χ2v) is 3.46. The maximum Gasteiger partial charge on any atom is 0.338 e. The van der Waals surface area contributed by atoms with Gasteiger partial charge in [-0.25, -0.2) is 4.79 Å². The first kappa shape index (κ1) is 10.7. The van der Waals surface area contributed by atoms with Crippen LogP contribution in [0.4, 0.5) is 0 Å². The molecule has 0 radical (unpaired) electrons. The Morgan fingerprint density at radius 2 is 2.19 bits per heavy atom. The number of nitrogens with zero attached hydrogens (tertiary/aromatic N) is 1. The van der Waals surface area contributed by atoms with E-state index >= 15 is 0 Å². The molecule has 16 heavy (non-hydrogen) atoms. The maximum absolute atomic E-state index is 11.3. The van der Waals surface area contributed by atoms with Crippen LogP contribution < -0.4 is 0 Å². The quantitative estimate of drug-likeness (QED) is 0.569. The Morgan fingerprint density at radius 1 is 1.50 bits per heavy atom. The number of rotatable bonds is 3. The molecule has 1 aromatic carbocycles. The molecule has 0 N–H and O–H groups in total. The SMILES string of the molecule is CCOC(=O)[C@@H]1O[C@@H]1c1ccc(C#N)cc1. The van der Waals surface area contributed by atoms with E-state index in [1.807, 2.05) is 6.07 Å². The van der Waals surface area contributed by atoms with Crippen molar-refractivity contribution >= 4 is 5.97 Å². The lowest BCUT2D eigenvalue weighted by Crippen LogP contribution is -2.11. The Labute approximate surface area is 93.4 Å². The van der Waals surface area contributed by atoms with Crippen LogP contribution in [0, 0.1) is 11.3 Å². The van der Waals surface area contributed by atoms with Crippen LogP contribution in [-0.2, 0) is 14.3 Å². The largest absolute Gasteiger partial charge is 0.464 e. The Balaban J connectivity index is 2.01. The molecule has 0 aromatic heterocycles. The smallest absolute Gasteiger partial charge is 0.338 e. The number of ether oxygens (including phenoxy) is 2. The summed E-state index contributed by atoms with van der Waals surface area (Å²) in [5.74, 6) is -0.322. The highest BCUT2D eigenvalue weighted by Gasteiger charge is 2.47. The van der Waals surface area contributed by atoms with Crippen LogP contribution in [0.1, 0.15) is 24.2 Å². The summed E-state index contributed by atoms with van der Waals surface area (Å²) in [6.07, 6.45) is -0.695. The van der Waals surface area contributed by atoms with Gasteiger partial charge in [0.05, 0.1) is 18.2 Å². The number of carbonyl (C=O) groups is 1.